The van der Waals surface area contributed by atoms with Crippen LogP contribution in [0.1, 0.15) is 40.5 Å². The van der Waals surface area contributed by atoms with Gasteiger partial charge in [0.25, 0.3) is 5.91 Å². The maximum absolute atomic E-state index is 12.3. The van der Waals surface area contributed by atoms with E-state index in [1.165, 1.54) is 0 Å². The third-order valence-electron chi connectivity index (χ3n) is 4.69. The third kappa shape index (κ3) is 5.42. The van der Waals surface area contributed by atoms with Crippen molar-refractivity contribution < 1.29 is 23.9 Å². The molecular weight excluding hydrogens is 324 g/mol. The molecule has 142 valence electrons. The van der Waals surface area contributed by atoms with E-state index in [-0.39, 0.29) is 36.4 Å². The van der Waals surface area contributed by atoms with Gasteiger partial charge in [-0.2, -0.15) is 0 Å². The largest absolute Gasteiger partial charge is 0.455 e. The van der Waals surface area contributed by atoms with E-state index in [1.807, 2.05) is 32.6 Å². The number of hydrogen-bond acceptors (Lipinski definition) is 5. The van der Waals surface area contributed by atoms with Gasteiger partial charge in [0.2, 0.25) is 5.91 Å². The number of hydrogen-bond donors (Lipinski definition) is 0. The van der Waals surface area contributed by atoms with Crippen molar-refractivity contribution in [2.75, 3.05) is 39.4 Å². The second kappa shape index (κ2) is 8.17. The highest BCUT2D eigenvalue weighted by Crippen LogP contribution is 2.24. The van der Waals surface area contributed by atoms with Crippen molar-refractivity contribution in [1.82, 2.24) is 9.80 Å². The first-order valence-electron chi connectivity index (χ1n) is 9.04. The number of amides is 2. The minimum atomic E-state index is -0.408. The Balaban J connectivity index is 1.73. The molecule has 7 heteroatoms. The maximum atomic E-state index is 12.3. The Morgan fingerprint density at radius 3 is 2.28 bits per heavy atom. The molecule has 2 heterocycles. The molecule has 2 saturated heterocycles. The Kier molecular flexibility index (Phi) is 6.43. The molecule has 7 nitrogen and oxygen atoms in total. The fraction of sp³-hybridized carbons (Fsp3) is 0.833. The third-order valence-corrected chi connectivity index (χ3v) is 4.69. The van der Waals surface area contributed by atoms with Crippen molar-refractivity contribution in [2.45, 2.75) is 46.6 Å². The Hall–Kier alpha value is -1.63. The molecule has 25 heavy (non-hydrogen) atoms. The predicted molar refractivity (Wildman–Crippen MR) is 91.7 cm³/mol. The van der Waals surface area contributed by atoms with E-state index in [0.29, 0.717) is 45.6 Å². The van der Waals surface area contributed by atoms with Gasteiger partial charge in [-0.3, -0.25) is 14.4 Å². The van der Waals surface area contributed by atoms with Gasteiger partial charge in [0.1, 0.15) is 0 Å². The minimum Gasteiger partial charge on any atom is -0.455 e. The number of esters is 1. The quantitative estimate of drug-likeness (QED) is 0.709. The highest BCUT2D eigenvalue weighted by Gasteiger charge is 2.33. The van der Waals surface area contributed by atoms with Crippen LogP contribution in [-0.2, 0) is 23.9 Å². The van der Waals surface area contributed by atoms with E-state index in [2.05, 4.69) is 0 Å². The van der Waals surface area contributed by atoms with Crippen molar-refractivity contribution in [1.29, 1.82) is 0 Å². The van der Waals surface area contributed by atoms with E-state index >= 15 is 0 Å². The molecule has 0 saturated carbocycles. The zero-order valence-corrected chi connectivity index (χ0v) is 15.7. The van der Waals surface area contributed by atoms with Crippen LogP contribution in [0.15, 0.2) is 0 Å². The molecule has 0 bridgehead atoms. The van der Waals surface area contributed by atoms with Crippen molar-refractivity contribution in [2.24, 2.45) is 11.3 Å². The molecule has 2 aliphatic rings. The zero-order valence-electron chi connectivity index (χ0n) is 15.7. The van der Waals surface area contributed by atoms with Crippen LogP contribution in [0.2, 0.25) is 0 Å². The summed E-state index contributed by atoms with van der Waals surface area (Å²) in [6.07, 6.45) is 1.19. The van der Waals surface area contributed by atoms with Crippen molar-refractivity contribution >= 4 is 17.8 Å². The van der Waals surface area contributed by atoms with E-state index in [0.717, 1.165) is 0 Å². The first-order chi connectivity index (χ1) is 11.7. The normalized spacial score (nSPS) is 22.6. The Bertz CT molecular complexity index is 506. The molecule has 0 aliphatic carbocycles. The van der Waals surface area contributed by atoms with Gasteiger partial charge in [-0.05, 0) is 19.8 Å². The molecule has 0 aromatic heterocycles. The highest BCUT2D eigenvalue weighted by atomic mass is 16.5. The fourth-order valence-corrected chi connectivity index (χ4v) is 3.18. The fourth-order valence-electron chi connectivity index (χ4n) is 3.18. The molecule has 0 aromatic carbocycles. The van der Waals surface area contributed by atoms with Gasteiger partial charge in [-0.1, -0.05) is 20.8 Å². The molecule has 0 spiro atoms. The van der Waals surface area contributed by atoms with Crippen LogP contribution in [-0.4, -0.2) is 73.1 Å². The summed E-state index contributed by atoms with van der Waals surface area (Å²) in [4.78, 5) is 40.1. The van der Waals surface area contributed by atoms with Gasteiger partial charge >= 0.3 is 5.97 Å². The van der Waals surface area contributed by atoms with Gasteiger partial charge in [-0.25, -0.2) is 0 Å². The van der Waals surface area contributed by atoms with Crippen LogP contribution in [0, 0.1) is 11.3 Å². The molecule has 1 atom stereocenters. The number of likely N-dealkylation sites (tertiary alicyclic amines) is 1. The maximum Gasteiger partial charge on any atom is 0.309 e. The molecular formula is C18H30N2O5. The average Bonchev–Trinajstić information content (AvgIpc) is 2.58. The summed E-state index contributed by atoms with van der Waals surface area (Å²) in [6, 6.07) is 0. The lowest BCUT2D eigenvalue weighted by atomic mass is 9.91. The summed E-state index contributed by atoms with van der Waals surface area (Å²) < 4.78 is 10.6. The van der Waals surface area contributed by atoms with Crippen LogP contribution in [0.25, 0.3) is 0 Å². The van der Waals surface area contributed by atoms with Crippen LogP contribution >= 0.6 is 0 Å². The first-order valence-corrected chi connectivity index (χ1v) is 9.04. The molecule has 2 amide bonds. The molecule has 2 aliphatic heterocycles. The summed E-state index contributed by atoms with van der Waals surface area (Å²) in [6.45, 7) is 10.1. The van der Waals surface area contributed by atoms with Gasteiger partial charge in [0, 0.05) is 31.6 Å². The van der Waals surface area contributed by atoms with Gasteiger partial charge in [0.15, 0.2) is 6.61 Å². The molecule has 0 N–H and O–H groups in total. The Morgan fingerprint density at radius 1 is 1.08 bits per heavy atom. The lowest BCUT2D eigenvalue weighted by molar-refractivity contribution is -0.159. The van der Waals surface area contributed by atoms with E-state index in [4.69, 9.17) is 9.47 Å². The monoisotopic (exact) mass is 354 g/mol. The number of morpholine rings is 1. The number of ether oxygens (including phenoxy) is 2. The van der Waals surface area contributed by atoms with Gasteiger partial charge in [0.05, 0.1) is 18.6 Å². The standard InChI is InChI=1S/C18H30N2O5/c1-13-11-20(9-10-24-13)15(21)12-25-16(22)14-5-7-19(8-6-14)17(23)18(2,3)4/h13-14H,5-12H2,1-4H3. The van der Waals surface area contributed by atoms with E-state index in [9.17, 15) is 14.4 Å². The number of nitrogens with zero attached hydrogens (tertiary/aromatic N) is 2. The lowest BCUT2D eigenvalue weighted by Crippen LogP contribution is -2.47. The summed E-state index contributed by atoms with van der Waals surface area (Å²) in [5.74, 6) is -0.641. The number of piperidine rings is 1. The SMILES string of the molecule is CC1CN(C(=O)COC(=O)C2CCN(C(=O)C(C)(C)C)CC2)CCO1. The van der Waals surface area contributed by atoms with Crippen molar-refractivity contribution in [3.8, 4) is 0 Å². The summed E-state index contributed by atoms with van der Waals surface area (Å²) in [5, 5.41) is 0. The molecule has 0 aromatic rings. The van der Waals surface area contributed by atoms with Crippen LogP contribution in [0.4, 0.5) is 0 Å². The average molecular weight is 354 g/mol. The van der Waals surface area contributed by atoms with Crippen LogP contribution in [0.3, 0.4) is 0 Å². The number of rotatable bonds is 3. The van der Waals surface area contributed by atoms with Crippen LogP contribution < -0.4 is 0 Å². The zero-order chi connectivity index (χ0) is 18.6. The first kappa shape index (κ1) is 19.7. The predicted octanol–water partition coefficient (Wildman–Crippen LogP) is 1.06. The van der Waals surface area contributed by atoms with Crippen LogP contribution in [0.5, 0.6) is 0 Å². The minimum absolute atomic E-state index is 0.0121. The lowest BCUT2D eigenvalue weighted by Gasteiger charge is -2.35. The molecule has 0 radical (unpaired) electrons. The molecule has 2 rings (SSSR count). The van der Waals surface area contributed by atoms with Gasteiger partial charge in [-0.15, -0.1) is 0 Å². The highest BCUT2D eigenvalue weighted by molar-refractivity contribution is 5.83. The summed E-state index contributed by atoms with van der Waals surface area (Å²) in [5.41, 5.74) is -0.408. The summed E-state index contributed by atoms with van der Waals surface area (Å²) in [7, 11) is 0. The van der Waals surface area contributed by atoms with E-state index < -0.39 is 5.41 Å². The van der Waals surface area contributed by atoms with Crippen molar-refractivity contribution in [3.05, 3.63) is 0 Å². The number of carbonyl (C=O) groups excluding carboxylic acids is 3. The summed E-state index contributed by atoms with van der Waals surface area (Å²) >= 11 is 0. The Labute approximate surface area is 149 Å². The van der Waals surface area contributed by atoms with E-state index in [1.54, 1.807) is 4.90 Å². The second-order valence-corrected chi connectivity index (χ2v) is 7.95. The topological polar surface area (TPSA) is 76.2 Å². The molecule has 1 unspecified atom stereocenters. The van der Waals surface area contributed by atoms with Crippen molar-refractivity contribution in [3.63, 3.8) is 0 Å². The van der Waals surface area contributed by atoms with Gasteiger partial charge < -0.3 is 19.3 Å². The molecule has 2 fully saturated rings. The smallest absolute Gasteiger partial charge is 0.309 e. The second-order valence-electron chi connectivity index (χ2n) is 7.95. The number of carbonyl (C=O) groups is 3. The Morgan fingerprint density at radius 2 is 1.72 bits per heavy atom.